The number of hydrogen-bond donors (Lipinski definition) is 1. The van der Waals surface area contributed by atoms with Gasteiger partial charge in [0.1, 0.15) is 4.90 Å². The van der Waals surface area contributed by atoms with Crippen molar-refractivity contribution in [2.24, 2.45) is 0 Å². The molecular formula is C23H23NO5S2. The summed E-state index contributed by atoms with van der Waals surface area (Å²) in [5, 5.41) is 4.41. The van der Waals surface area contributed by atoms with Gasteiger partial charge in [-0.1, -0.05) is 23.8 Å². The first-order chi connectivity index (χ1) is 14.8. The smallest absolute Gasteiger partial charge is 0.225 e. The molecule has 0 aliphatic carbocycles. The van der Waals surface area contributed by atoms with E-state index in [0.717, 1.165) is 16.0 Å². The van der Waals surface area contributed by atoms with Gasteiger partial charge in [0.05, 0.1) is 24.3 Å². The molecule has 0 spiro atoms. The molecule has 0 saturated heterocycles. The van der Waals surface area contributed by atoms with Crippen LogP contribution < -0.4 is 14.8 Å². The average molecular weight is 458 g/mol. The van der Waals surface area contributed by atoms with Crippen molar-refractivity contribution >= 4 is 32.8 Å². The van der Waals surface area contributed by atoms with Crippen LogP contribution in [0.5, 0.6) is 11.5 Å². The van der Waals surface area contributed by atoms with Crippen LogP contribution in [-0.2, 0) is 14.6 Å². The molecule has 31 heavy (non-hydrogen) atoms. The first-order valence-corrected chi connectivity index (χ1v) is 12.2. The quantitative estimate of drug-likeness (QED) is 0.577. The summed E-state index contributed by atoms with van der Waals surface area (Å²) in [5.74, 6) is 0.727. The van der Waals surface area contributed by atoms with Crippen LogP contribution in [0.4, 0.5) is 5.69 Å². The molecule has 1 aliphatic rings. The normalized spacial score (nSPS) is 15.8. The Bertz CT molecular complexity index is 1230. The molecule has 1 atom stereocenters. The van der Waals surface area contributed by atoms with Crippen LogP contribution in [-0.4, -0.2) is 28.0 Å². The van der Waals surface area contributed by atoms with Gasteiger partial charge in [-0.2, -0.15) is 0 Å². The Morgan fingerprint density at radius 2 is 1.87 bits per heavy atom. The number of anilines is 1. The molecule has 162 valence electrons. The predicted octanol–water partition coefficient (Wildman–Crippen LogP) is 4.77. The van der Waals surface area contributed by atoms with Crippen LogP contribution in [0, 0.1) is 6.92 Å². The van der Waals surface area contributed by atoms with Crippen molar-refractivity contribution in [2.45, 2.75) is 36.0 Å². The van der Waals surface area contributed by atoms with E-state index in [9.17, 15) is 13.2 Å². The summed E-state index contributed by atoms with van der Waals surface area (Å²) in [6.45, 7) is 4.27. The van der Waals surface area contributed by atoms with Gasteiger partial charge in [-0.3, -0.25) is 4.79 Å². The molecule has 4 rings (SSSR count). The molecule has 0 radical (unpaired) electrons. The van der Waals surface area contributed by atoms with Gasteiger partial charge in [0.25, 0.3) is 0 Å². The molecule has 0 unspecified atom stereocenters. The number of carbonyl (C=O) groups is 1. The number of ether oxygens (including phenoxy) is 2. The molecular weight excluding hydrogens is 434 g/mol. The van der Waals surface area contributed by atoms with E-state index in [-0.39, 0.29) is 28.0 Å². The average Bonchev–Trinajstić information content (AvgIpc) is 3.18. The zero-order valence-corrected chi connectivity index (χ0v) is 19.1. The number of thiophene rings is 1. The van der Waals surface area contributed by atoms with Crippen LogP contribution >= 0.6 is 11.3 Å². The number of sulfone groups is 1. The Morgan fingerprint density at radius 3 is 2.55 bits per heavy atom. The van der Waals surface area contributed by atoms with Crippen molar-refractivity contribution in [1.82, 2.24) is 0 Å². The van der Waals surface area contributed by atoms with E-state index < -0.39 is 9.84 Å². The predicted molar refractivity (Wildman–Crippen MR) is 120 cm³/mol. The van der Waals surface area contributed by atoms with Gasteiger partial charge < -0.3 is 14.8 Å². The lowest BCUT2D eigenvalue weighted by Gasteiger charge is -2.24. The van der Waals surface area contributed by atoms with E-state index in [1.807, 2.05) is 32.0 Å². The summed E-state index contributed by atoms with van der Waals surface area (Å²) in [7, 11) is -2.18. The third kappa shape index (κ3) is 3.93. The van der Waals surface area contributed by atoms with E-state index in [0.29, 0.717) is 23.8 Å². The fraction of sp³-hybridized carbons (Fsp3) is 0.261. The molecule has 1 aromatic heterocycles. The second-order valence-electron chi connectivity index (χ2n) is 7.30. The first kappa shape index (κ1) is 21.4. The molecule has 0 bridgehead atoms. The number of amides is 1. The number of carbonyl (C=O) groups excluding carboxylic acids is 1. The SMILES string of the molecule is CCOc1cc([C@H]2CC(=O)Nc3c(S(=O)(=O)c4ccc(C)cc4)csc32)ccc1OC. The van der Waals surface area contributed by atoms with Crippen molar-refractivity contribution in [1.29, 1.82) is 0 Å². The number of nitrogens with one attached hydrogen (secondary N) is 1. The van der Waals surface area contributed by atoms with Crippen LogP contribution in [0.1, 0.15) is 35.3 Å². The maximum Gasteiger partial charge on any atom is 0.225 e. The molecule has 1 amide bonds. The van der Waals surface area contributed by atoms with Crippen LogP contribution in [0.3, 0.4) is 0 Å². The highest BCUT2D eigenvalue weighted by atomic mass is 32.2. The molecule has 2 heterocycles. The lowest BCUT2D eigenvalue weighted by atomic mass is 9.90. The minimum absolute atomic E-state index is 0.132. The highest BCUT2D eigenvalue weighted by molar-refractivity contribution is 7.91. The fourth-order valence-electron chi connectivity index (χ4n) is 3.69. The molecule has 1 N–H and O–H groups in total. The van der Waals surface area contributed by atoms with E-state index in [2.05, 4.69) is 5.32 Å². The number of rotatable bonds is 6. The number of benzene rings is 2. The lowest BCUT2D eigenvalue weighted by Crippen LogP contribution is -2.23. The highest BCUT2D eigenvalue weighted by Crippen LogP contribution is 2.47. The largest absolute Gasteiger partial charge is 0.493 e. The Kier molecular flexibility index (Phi) is 5.77. The number of methoxy groups -OCH3 is 1. The summed E-state index contributed by atoms with van der Waals surface area (Å²) in [5.41, 5.74) is 2.23. The van der Waals surface area contributed by atoms with Crippen molar-refractivity contribution < 1.29 is 22.7 Å². The molecule has 0 fully saturated rings. The van der Waals surface area contributed by atoms with Crippen molar-refractivity contribution in [3.63, 3.8) is 0 Å². The highest BCUT2D eigenvalue weighted by Gasteiger charge is 2.34. The zero-order chi connectivity index (χ0) is 22.2. The third-order valence-corrected chi connectivity index (χ3v) is 8.31. The number of fused-ring (bicyclic) bond motifs is 1. The molecule has 2 aromatic carbocycles. The van der Waals surface area contributed by atoms with Gasteiger partial charge in [0.2, 0.25) is 15.7 Å². The molecule has 8 heteroatoms. The van der Waals surface area contributed by atoms with E-state index in [1.165, 1.54) is 11.3 Å². The van der Waals surface area contributed by atoms with Crippen molar-refractivity contribution in [3.8, 4) is 11.5 Å². The Labute approximate surface area is 185 Å². The Hall–Kier alpha value is -2.84. The summed E-state index contributed by atoms with van der Waals surface area (Å²) in [6.07, 6.45) is 0.232. The minimum atomic E-state index is -3.76. The molecule has 6 nitrogen and oxygen atoms in total. The molecule has 0 saturated carbocycles. The van der Waals surface area contributed by atoms with Crippen molar-refractivity contribution in [3.05, 3.63) is 63.8 Å². The Balaban J connectivity index is 1.79. The topological polar surface area (TPSA) is 81.7 Å². The maximum atomic E-state index is 13.3. The van der Waals surface area contributed by atoms with E-state index >= 15 is 0 Å². The van der Waals surface area contributed by atoms with E-state index in [1.54, 1.807) is 36.8 Å². The van der Waals surface area contributed by atoms with Gasteiger partial charge >= 0.3 is 0 Å². The summed E-state index contributed by atoms with van der Waals surface area (Å²) in [4.78, 5) is 13.7. The summed E-state index contributed by atoms with van der Waals surface area (Å²) in [6, 6.07) is 12.3. The van der Waals surface area contributed by atoms with E-state index in [4.69, 9.17) is 9.47 Å². The summed E-state index contributed by atoms with van der Waals surface area (Å²) < 4.78 is 37.6. The fourth-order valence-corrected chi connectivity index (χ4v) is 6.60. The number of hydrogen-bond acceptors (Lipinski definition) is 6. The van der Waals surface area contributed by atoms with Crippen LogP contribution in [0.15, 0.2) is 57.6 Å². The van der Waals surface area contributed by atoms with Crippen LogP contribution in [0.2, 0.25) is 0 Å². The second kappa shape index (κ2) is 8.36. The standard InChI is InChI=1S/C23H23NO5S2/c1-4-29-19-11-15(7-10-18(19)28-3)17-12-21(25)24-22-20(13-30-23(17)22)31(26,27)16-8-5-14(2)6-9-16/h5-11,13,17H,4,12H2,1-3H3,(H,24,25)/t17-/m1/s1. The first-order valence-electron chi connectivity index (χ1n) is 9.89. The zero-order valence-electron chi connectivity index (χ0n) is 17.5. The van der Waals surface area contributed by atoms with Gasteiger partial charge in [0.15, 0.2) is 11.5 Å². The van der Waals surface area contributed by atoms with Gasteiger partial charge in [-0.15, -0.1) is 11.3 Å². The minimum Gasteiger partial charge on any atom is -0.493 e. The van der Waals surface area contributed by atoms with Gasteiger partial charge in [-0.25, -0.2) is 8.42 Å². The molecule has 3 aromatic rings. The van der Waals surface area contributed by atoms with Crippen molar-refractivity contribution in [2.75, 3.05) is 19.0 Å². The second-order valence-corrected chi connectivity index (χ2v) is 10.1. The third-order valence-electron chi connectivity index (χ3n) is 5.27. The molecule has 1 aliphatic heterocycles. The van der Waals surface area contributed by atoms with Crippen LogP contribution in [0.25, 0.3) is 0 Å². The van der Waals surface area contributed by atoms with Gasteiger partial charge in [0, 0.05) is 22.6 Å². The number of aryl methyl sites for hydroxylation is 1. The maximum absolute atomic E-state index is 13.3. The monoisotopic (exact) mass is 457 g/mol. The lowest BCUT2D eigenvalue weighted by molar-refractivity contribution is -0.116. The Morgan fingerprint density at radius 1 is 1.13 bits per heavy atom. The van der Waals surface area contributed by atoms with Gasteiger partial charge in [-0.05, 0) is 43.7 Å². The summed E-state index contributed by atoms with van der Waals surface area (Å²) >= 11 is 1.34.